The van der Waals surface area contributed by atoms with Gasteiger partial charge in [-0.3, -0.25) is 9.59 Å². The zero-order valence-corrected chi connectivity index (χ0v) is 16.6. The van der Waals surface area contributed by atoms with Crippen LogP contribution in [0.3, 0.4) is 0 Å². The Morgan fingerprint density at radius 1 is 1.19 bits per heavy atom. The summed E-state index contributed by atoms with van der Waals surface area (Å²) in [4.78, 5) is 28.3. The van der Waals surface area contributed by atoms with E-state index >= 15 is 0 Å². The summed E-state index contributed by atoms with van der Waals surface area (Å²) < 4.78 is 0. The average Bonchev–Trinajstić information content (AvgIpc) is 3.35. The van der Waals surface area contributed by atoms with Gasteiger partial charge in [-0.15, -0.1) is 0 Å². The number of halogens is 1. The highest BCUT2D eigenvalue weighted by molar-refractivity contribution is 6.34. The molecule has 0 aromatic heterocycles. The number of carbonyl (C=O) groups is 2. The van der Waals surface area contributed by atoms with E-state index in [0.717, 1.165) is 28.8 Å². The highest BCUT2D eigenvalue weighted by atomic mass is 35.5. The van der Waals surface area contributed by atoms with Crippen LogP contribution in [-0.2, 0) is 16.0 Å². The van der Waals surface area contributed by atoms with Gasteiger partial charge in [0.25, 0.3) is 0 Å². The number of nitrogens with zero attached hydrogens (tertiary/aromatic N) is 1. The summed E-state index contributed by atoms with van der Waals surface area (Å²) in [5.74, 6) is -0.351. The molecule has 1 unspecified atom stereocenters. The number of benzene rings is 2. The van der Waals surface area contributed by atoms with Crippen LogP contribution >= 0.6 is 11.6 Å². The monoisotopic (exact) mass is 382 g/mol. The molecule has 1 atom stereocenters. The van der Waals surface area contributed by atoms with E-state index in [1.165, 1.54) is 0 Å². The second-order valence-electron chi connectivity index (χ2n) is 7.83. The predicted octanol–water partition coefficient (Wildman–Crippen LogP) is 4.65. The van der Waals surface area contributed by atoms with E-state index in [2.05, 4.69) is 5.32 Å². The summed E-state index contributed by atoms with van der Waals surface area (Å²) in [5, 5.41) is 3.44. The maximum Gasteiger partial charge on any atom is 0.242 e. The van der Waals surface area contributed by atoms with Gasteiger partial charge < -0.3 is 10.2 Å². The first-order valence-corrected chi connectivity index (χ1v) is 9.71. The molecule has 4 rings (SSSR count). The Hall–Kier alpha value is -2.33. The largest absolute Gasteiger partial charge is 0.324 e. The van der Waals surface area contributed by atoms with Crippen molar-refractivity contribution in [1.29, 1.82) is 0 Å². The molecule has 0 spiro atoms. The van der Waals surface area contributed by atoms with Gasteiger partial charge in [-0.1, -0.05) is 35.9 Å². The number of fused-ring (bicyclic) bond motifs is 1. The molecule has 4 nitrogen and oxygen atoms in total. The Morgan fingerprint density at radius 2 is 1.89 bits per heavy atom. The number of rotatable bonds is 3. The molecule has 0 radical (unpaired) electrons. The van der Waals surface area contributed by atoms with Crippen LogP contribution in [0.2, 0.25) is 5.02 Å². The first-order valence-electron chi connectivity index (χ1n) is 9.33. The molecule has 2 amide bonds. The lowest BCUT2D eigenvalue weighted by Gasteiger charge is -2.27. The van der Waals surface area contributed by atoms with Crippen molar-refractivity contribution >= 4 is 34.8 Å². The van der Waals surface area contributed by atoms with Crippen LogP contribution in [0, 0.1) is 19.3 Å². The third-order valence-corrected chi connectivity index (χ3v) is 5.99. The highest BCUT2D eigenvalue weighted by Crippen LogP contribution is 2.50. The molecule has 2 aromatic carbocycles. The molecule has 1 fully saturated rings. The third kappa shape index (κ3) is 2.92. The quantitative estimate of drug-likeness (QED) is 0.785. The molecule has 5 heteroatoms. The average molecular weight is 383 g/mol. The molecule has 0 saturated heterocycles. The zero-order chi connectivity index (χ0) is 19.3. The van der Waals surface area contributed by atoms with Crippen LogP contribution in [0.1, 0.15) is 36.5 Å². The fraction of sp³-hybridized carbons (Fsp3) is 0.364. The van der Waals surface area contributed by atoms with E-state index in [9.17, 15) is 9.59 Å². The Kier molecular flexibility index (Phi) is 4.26. The zero-order valence-electron chi connectivity index (χ0n) is 15.8. The summed E-state index contributed by atoms with van der Waals surface area (Å²) in [7, 11) is 0. The van der Waals surface area contributed by atoms with Crippen molar-refractivity contribution in [3.05, 3.63) is 58.1 Å². The molecule has 2 aliphatic rings. The lowest BCUT2D eigenvalue weighted by atomic mass is 10.0. The van der Waals surface area contributed by atoms with Crippen LogP contribution < -0.4 is 10.2 Å². The topological polar surface area (TPSA) is 49.4 Å². The summed E-state index contributed by atoms with van der Waals surface area (Å²) in [6, 6.07) is 11.8. The van der Waals surface area contributed by atoms with Crippen molar-refractivity contribution in [1.82, 2.24) is 0 Å². The summed E-state index contributed by atoms with van der Waals surface area (Å²) in [6.45, 7) is 5.91. The van der Waals surface area contributed by atoms with Crippen molar-refractivity contribution < 1.29 is 9.59 Å². The van der Waals surface area contributed by atoms with Gasteiger partial charge in [0.15, 0.2) is 0 Å². The molecule has 1 saturated carbocycles. The first kappa shape index (κ1) is 18.1. The van der Waals surface area contributed by atoms with Crippen molar-refractivity contribution in [2.45, 2.75) is 46.1 Å². The number of para-hydroxylation sites is 1. The summed E-state index contributed by atoms with van der Waals surface area (Å²) in [5.41, 5.74) is 3.64. The molecule has 1 aliphatic carbocycles. The Labute approximate surface area is 164 Å². The summed E-state index contributed by atoms with van der Waals surface area (Å²) >= 11 is 6.34. The van der Waals surface area contributed by atoms with E-state index in [-0.39, 0.29) is 17.9 Å². The van der Waals surface area contributed by atoms with Gasteiger partial charge in [-0.2, -0.15) is 0 Å². The van der Waals surface area contributed by atoms with Crippen LogP contribution in [-0.4, -0.2) is 17.9 Å². The number of amides is 2. The third-order valence-electron chi connectivity index (χ3n) is 5.69. The molecule has 1 heterocycles. The number of hydrogen-bond donors (Lipinski definition) is 1. The van der Waals surface area contributed by atoms with Crippen molar-refractivity contribution in [2.24, 2.45) is 5.41 Å². The number of aryl methyl sites for hydroxylation is 2. The van der Waals surface area contributed by atoms with Crippen molar-refractivity contribution in [3.8, 4) is 0 Å². The number of carbonyl (C=O) groups excluding carboxylic acids is 2. The van der Waals surface area contributed by atoms with Crippen LogP contribution in [0.15, 0.2) is 36.4 Å². The fourth-order valence-corrected chi connectivity index (χ4v) is 4.44. The van der Waals surface area contributed by atoms with Gasteiger partial charge >= 0.3 is 0 Å². The van der Waals surface area contributed by atoms with Gasteiger partial charge in [0.05, 0.1) is 10.7 Å². The number of hydrogen-bond acceptors (Lipinski definition) is 2. The minimum Gasteiger partial charge on any atom is -0.324 e. The SMILES string of the molecule is Cc1cc(C)c(NC(=O)C2(C(=O)N3c4ccccc4CC3C)CC2)c(Cl)c1. The molecule has 1 N–H and O–H groups in total. The second-order valence-corrected chi connectivity index (χ2v) is 8.24. The van der Waals surface area contributed by atoms with Crippen LogP contribution in [0.25, 0.3) is 0 Å². The van der Waals surface area contributed by atoms with Crippen LogP contribution in [0.5, 0.6) is 0 Å². The first-order chi connectivity index (χ1) is 12.8. The standard InChI is InChI=1S/C22H23ClN2O2/c1-13-10-14(2)19(17(23)11-13)24-20(26)22(8-9-22)21(27)25-15(3)12-16-6-4-5-7-18(16)25/h4-7,10-11,15H,8-9,12H2,1-3H3,(H,24,26). The van der Waals surface area contributed by atoms with Gasteiger partial charge in [-0.25, -0.2) is 0 Å². The molecule has 2 aromatic rings. The minimum atomic E-state index is -0.980. The van der Waals surface area contributed by atoms with Crippen molar-refractivity contribution in [3.63, 3.8) is 0 Å². The van der Waals surface area contributed by atoms with Gasteiger partial charge in [0.1, 0.15) is 5.41 Å². The molecule has 0 bridgehead atoms. The Balaban J connectivity index is 1.61. The lowest BCUT2D eigenvalue weighted by Crippen LogP contribution is -2.45. The van der Waals surface area contributed by atoms with E-state index in [4.69, 9.17) is 11.6 Å². The van der Waals surface area contributed by atoms with E-state index in [0.29, 0.717) is 23.6 Å². The van der Waals surface area contributed by atoms with E-state index in [1.807, 2.05) is 62.1 Å². The second kappa shape index (κ2) is 6.38. The van der Waals surface area contributed by atoms with Crippen LogP contribution in [0.4, 0.5) is 11.4 Å². The maximum atomic E-state index is 13.4. The molecular weight excluding hydrogens is 360 g/mol. The normalized spacial score (nSPS) is 19.6. The van der Waals surface area contributed by atoms with Gasteiger partial charge in [0.2, 0.25) is 11.8 Å². The number of nitrogens with one attached hydrogen (secondary N) is 1. The summed E-state index contributed by atoms with van der Waals surface area (Å²) in [6.07, 6.45) is 1.97. The molecular formula is C22H23ClN2O2. The fourth-order valence-electron chi connectivity index (χ4n) is 4.08. The van der Waals surface area contributed by atoms with Crippen molar-refractivity contribution in [2.75, 3.05) is 10.2 Å². The molecule has 140 valence electrons. The van der Waals surface area contributed by atoms with E-state index < -0.39 is 5.41 Å². The van der Waals surface area contributed by atoms with Gasteiger partial charge in [-0.05, 0) is 68.9 Å². The van der Waals surface area contributed by atoms with Gasteiger partial charge in [0, 0.05) is 11.7 Å². The smallest absolute Gasteiger partial charge is 0.242 e. The minimum absolute atomic E-state index is 0.0601. The van der Waals surface area contributed by atoms with E-state index in [1.54, 1.807) is 0 Å². The Morgan fingerprint density at radius 3 is 2.56 bits per heavy atom. The maximum absolute atomic E-state index is 13.4. The number of anilines is 2. The highest BCUT2D eigenvalue weighted by Gasteiger charge is 2.59. The Bertz CT molecular complexity index is 926. The lowest BCUT2D eigenvalue weighted by molar-refractivity contribution is -0.132. The molecule has 1 aliphatic heterocycles. The predicted molar refractivity (Wildman–Crippen MR) is 108 cm³/mol. The molecule has 27 heavy (non-hydrogen) atoms.